The number of anilines is 1. The van der Waals surface area contributed by atoms with Gasteiger partial charge in [-0.25, -0.2) is 0 Å². The number of piperidine rings is 1. The Hall–Kier alpha value is -1.30. The molecule has 1 atom stereocenters. The summed E-state index contributed by atoms with van der Waals surface area (Å²) in [6, 6.07) is 4.86. The van der Waals surface area contributed by atoms with Crippen LogP contribution in [0.15, 0.2) is 18.2 Å². The highest BCUT2D eigenvalue weighted by Gasteiger charge is 2.29. The fourth-order valence-corrected chi connectivity index (χ4v) is 3.53. The van der Waals surface area contributed by atoms with Crippen molar-refractivity contribution in [1.29, 1.82) is 0 Å². The van der Waals surface area contributed by atoms with Gasteiger partial charge in [-0.2, -0.15) is 0 Å². The molecule has 27 heavy (non-hydrogen) atoms. The van der Waals surface area contributed by atoms with E-state index in [1.807, 2.05) is 6.92 Å². The first-order valence-corrected chi connectivity index (χ1v) is 10.3. The van der Waals surface area contributed by atoms with E-state index in [-0.39, 0.29) is 23.8 Å². The quantitative estimate of drug-likeness (QED) is 0.703. The Labute approximate surface area is 171 Å². The highest BCUT2D eigenvalue weighted by molar-refractivity contribution is 6.44. The van der Waals surface area contributed by atoms with Gasteiger partial charge in [-0.15, -0.1) is 0 Å². The lowest BCUT2D eigenvalue weighted by Crippen LogP contribution is -2.48. The number of hydrogen-bond donors (Lipinski definition) is 2. The summed E-state index contributed by atoms with van der Waals surface area (Å²) in [5.41, 5.74) is 0.514. The number of halogens is 2. The molecule has 1 aromatic rings. The number of hydrogen-bond acceptors (Lipinski definition) is 3. The molecule has 1 aromatic carbocycles. The van der Waals surface area contributed by atoms with Crippen molar-refractivity contribution in [3.63, 3.8) is 0 Å². The van der Waals surface area contributed by atoms with Crippen molar-refractivity contribution < 1.29 is 9.59 Å². The summed E-state index contributed by atoms with van der Waals surface area (Å²) in [5, 5.41) is 6.63. The summed E-state index contributed by atoms with van der Waals surface area (Å²) in [5.74, 6) is 0.627. The van der Waals surface area contributed by atoms with Crippen molar-refractivity contribution in [1.82, 2.24) is 10.2 Å². The lowest BCUT2D eigenvalue weighted by Gasteiger charge is -2.34. The summed E-state index contributed by atoms with van der Waals surface area (Å²) in [7, 11) is 0. The molecule has 1 heterocycles. The minimum absolute atomic E-state index is 0.0334. The average molecular weight is 414 g/mol. The Bertz CT molecular complexity index is 659. The predicted octanol–water partition coefficient (Wildman–Crippen LogP) is 4.19. The number of amides is 2. The van der Waals surface area contributed by atoms with Crippen LogP contribution in [-0.2, 0) is 9.59 Å². The summed E-state index contributed by atoms with van der Waals surface area (Å²) in [6.07, 6.45) is 2.53. The van der Waals surface area contributed by atoms with Crippen LogP contribution in [0.1, 0.15) is 40.0 Å². The second-order valence-corrected chi connectivity index (χ2v) is 8.34. The van der Waals surface area contributed by atoms with Crippen molar-refractivity contribution in [2.45, 2.75) is 46.1 Å². The van der Waals surface area contributed by atoms with Crippen molar-refractivity contribution in [2.75, 3.05) is 25.0 Å². The van der Waals surface area contributed by atoms with Gasteiger partial charge >= 0.3 is 0 Å². The highest BCUT2D eigenvalue weighted by Crippen LogP contribution is 2.30. The zero-order valence-electron chi connectivity index (χ0n) is 16.2. The van der Waals surface area contributed by atoms with Gasteiger partial charge in [0.05, 0.1) is 21.8 Å². The van der Waals surface area contributed by atoms with Crippen LogP contribution in [0.5, 0.6) is 0 Å². The topological polar surface area (TPSA) is 61.4 Å². The number of carbonyl (C=O) groups is 2. The average Bonchev–Trinajstić information content (AvgIpc) is 2.64. The molecule has 1 aliphatic heterocycles. The number of nitrogens with one attached hydrogen (secondary N) is 2. The molecular formula is C20H29Cl2N3O2. The van der Waals surface area contributed by atoms with E-state index in [0.717, 1.165) is 38.9 Å². The summed E-state index contributed by atoms with van der Waals surface area (Å²) in [4.78, 5) is 26.9. The molecule has 0 radical (unpaired) electrons. The Morgan fingerprint density at radius 1 is 1.19 bits per heavy atom. The van der Waals surface area contributed by atoms with E-state index in [1.165, 1.54) is 0 Å². The fraction of sp³-hybridized carbons (Fsp3) is 0.600. The monoisotopic (exact) mass is 413 g/mol. The molecule has 1 aliphatic rings. The van der Waals surface area contributed by atoms with E-state index in [2.05, 4.69) is 29.4 Å². The molecule has 0 unspecified atom stereocenters. The summed E-state index contributed by atoms with van der Waals surface area (Å²) < 4.78 is 0. The molecule has 1 fully saturated rings. The summed E-state index contributed by atoms with van der Waals surface area (Å²) >= 11 is 12.1. The molecule has 7 heteroatoms. The molecule has 5 nitrogen and oxygen atoms in total. The lowest BCUT2D eigenvalue weighted by molar-refractivity contribution is -0.127. The second kappa shape index (κ2) is 10.3. The SMILES string of the molecule is CC(C)CCNC(=O)C1CCN([C@H](C)C(=O)Nc2cccc(Cl)c2Cl)CC1. The first kappa shape index (κ1) is 22.0. The highest BCUT2D eigenvalue weighted by atomic mass is 35.5. The number of benzene rings is 1. The number of nitrogens with zero attached hydrogens (tertiary/aromatic N) is 1. The molecule has 0 aromatic heterocycles. The number of likely N-dealkylation sites (tertiary alicyclic amines) is 1. The van der Waals surface area contributed by atoms with Crippen LogP contribution in [0.25, 0.3) is 0 Å². The zero-order valence-corrected chi connectivity index (χ0v) is 17.7. The Balaban J connectivity index is 1.81. The standard InChI is InChI=1S/C20H29Cl2N3O2/c1-13(2)7-10-23-20(27)15-8-11-25(12-9-15)14(3)19(26)24-17-6-4-5-16(21)18(17)22/h4-6,13-15H,7-12H2,1-3H3,(H,23,27)(H,24,26)/t14-/m1/s1. The minimum atomic E-state index is -0.301. The van der Waals surface area contributed by atoms with Crippen LogP contribution in [0, 0.1) is 11.8 Å². The molecule has 0 saturated carbocycles. The van der Waals surface area contributed by atoms with Crippen LogP contribution >= 0.6 is 23.2 Å². The molecular weight excluding hydrogens is 385 g/mol. The van der Waals surface area contributed by atoms with Crippen molar-refractivity contribution in [3.8, 4) is 0 Å². The molecule has 2 rings (SSSR count). The third kappa shape index (κ3) is 6.37. The molecule has 2 amide bonds. The van der Waals surface area contributed by atoms with Gasteiger partial charge in [0, 0.05) is 12.5 Å². The van der Waals surface area contributed by atoms with Crippen LogP contribution in [0.4, 0.5) is 5.69 Å². The maximum atomic E-state index is 12.6. The van der Waals surface area contributed by atoms with E-state index < -0.39 is 0 Å². The lowest BCUT2D eigenvalue weighted by atomic mass is 9.94. The summed E-state index contributed by atoms with van der Waals surface area (Å²) in [6.45, 7) is 8.34. The second-order valence-electron chi connectivity index (χ2n) is 7.55. The molecule has 0 aliphatic carbocycles. The third-order valence-electron chi connectivity index (χ3n) is 5.06. The van der Waals surface area contributed by atoms with Gasteiger partial charge in [-0.1, -0.05) is 43.1 Å². The first-order valence-electron chi connectivity index (χ1n) is 9.56. The fourth-order valence-electron chi connectivity index (χ4n) is 3.18. The van der Waals surface area contributed by atoms with Gasteiger partial charge < -0.3 is 10.6 Å². The van der Waals surface area contributed by atoms with Crippen LogP contribution in [0.3, 0.4) is 0 Å². The maximum Gasteiger partial charge on any atom is 0.241 e. The molecule has 0 bridgehead atoms. The van der Waals surface area contributed by atoms with E-state index in [9.17, 15) is 9.59 Å². The number of carbonyl (C=O) groups excluding carboxylic acids is 2. The Kier molecular flexibility index (Phi) is 8.39. The molecule has 2 N–H and O–H groups in total. The van der Waals surface area contributed by atoms with E-state index in [4.69, 9.17) is 23.2 Å². The number of rotatable bonds is 7. The smallest absolute Gasteiger partial charge is 0.241 e. The van der Waals surface area contributed by atoms with Gasteiger partial charge in [0.2, 0.25) is 11.8 Å². The maximum absolute atomic E-state index is 12.6. The van der Waals surface area contributed by atoms with Gasteiger partial charge in [0.25, 0.3) is 0 Å². The van der Waals surface area contributed by atoms with Crippen molar-refractivity contribution in [3.05, 3.63) is 28.2 Å². The van der Waals surface area contributed by atoms with Crippen LogP contribution in [0.2, 0.25) is 10.0 Å². The van der Waals surface area contributed by atoms with E-state index >= 15 is 0 Å². The molecule has 150 valence electrons. The Morgan fingerprint density at radius 2 is 1.85 bits per heavy atom. The largest absolute Gasteiger partial charge is 0.356 e. The van der Waals surface area contributed by atoms with Gasteiger partial charge in [0.1, 0.15) is 0 Å². The van der Waals surface area contributed by atoms with E-state index in [1.54, 1.807) is 18.2 Å². The van der Waals surface area contributed by atoms with E-state index in [0.29, 0.717) is 21.7 Å². The third-order valence-corrected chi connectivity index (χ3v) is 5.88. The normalized spacial score (nSPS) is 17.0. The predicted molar refractivity (Wildman–Crippen MR) is 111 cm³/mol. The minimum Gasteiger partial charge on any atom is -0.356 e. The van der Waals surface area contributed by atoms with Crippen molar-refractivity contribution in [2.24, 2.45) is 11.8 Å². The van der Waals surface area contributed by atoms with Gasteiger partial charge in [-0.05, 0) is 57.3 Å². The van der Waals surface area contributed by atoms with Crippen molar-refractivity contribution >= 4 is 40.7 Å². The van der Waals surface area contributed by atoms with Gasteiger partial charge in [-0.3, -0.25) is 14.5 Å². The van der Waals surface area contributed by atoms with Crippen LogP contribution < -0.4 is 10.6 Å². The zero-order chi connectivity index (χ0) is 20.0. The van der Waals surface area contributed by atoms with Crippen LogP contribution in [-0.4, -0.2) is 42.4 Å². The first-order chi connectivity index (χ1) is 12.8. The Morgan fingerprint density at radius 3 is 2.48 bits per heavy atom. The van der Waals surface area contributed by atoms with Gasteiger partial charge in [0.15, 0.2) is 0 Å². The molecule has 1 saturated heterocycles. The molecule has 0 spiro atoms.